The second-order valence-electron chi connectivity index (χ2n) is 5.83. The van der Waals surface area contributed by atoms with Gasteiger partial charge in [-0.2, -0.15) is 0 Å². The van der Waals surface area contributed by atoms with Crippen LogP contribution in [0.25, 0.3) is 0 Å². The van der Waals surface area contributed by atoms with Gasteiger partial charge in [-0.25, -0.2) is 9.97 Å². The minimum atomic E-state index is 0.0195. The number of aromatic nitrogens is 2. The van der Waals surface area contributed by atoms with Gasteiger partial charge in [-0.05, 0) is 31.2 Å². The van der Waals surface area contributed by atoms with Gasteiger partial charge in [0.2, 0.25) is 5.95 Å². The van der Waals surface area contributed by atoms with Gasteiger partial charge in [0.05, 0.1) is 6.61 Å². The lowest BCUT2D eigenvalue weighted by atomic mass is 9.74. The van der Waals surface area contributed by atoms with E-state index < -0.39 is 0 Å². The van der Waals surface area contributed by atoms with E-state index in [-0.39, 0.29) is 12.0 Å². The lowest BCUT2D eigenvalue weighted by Gasteiger charge is -2.42. The fourth-order valence-electron chi connectivity index (χ4n) is 3.06. The third-order valence-electron chi connectivity index (χ3n) is 3.67. The van der Waals surface area contributed by atoms with Crippen molar-refractivity contribution in [2.75, 3.05) is 24.6 Å². The van der Waals surface area contributed by atoms with Crippen LogP contribution in [-0.2, 0) is 0 Å². The summed E-state index contributed by atoms with van der Waals surface area (Å²) in [6.45, 7) is 6.55. The van der Waals surface area contributed by atoms with Gasteiger partial charge >= 0.3 is 0 Å². The highest BCUT2D eigenvalue weighted by Crippen LogP contribution is 2.36. The molecule has 0 aromatic carbocycles. The number of anilines is 1. The Morgan fingerprint density at radius 2 is 2.11 bits per heavy atom. The standard InChI is InChI=1S/C14H23N3O/c1-12(2)9-14(11-18)5-3-8-17(10-14)13-15-6-4-7-16-13/h4,6-7,12,18H,3,5,8-11H2,1-2H3/t14-/m1/s1. The van der Waals surface area contributed by atoms with Crippen LogP contribution in [0.2, 0.25) is 0 Å². The van der Waals surface area contributed by atoms with Gasteiger partial charge in [0, 0.05) is 30.9 Å². The second kappa shape index (κ2) is 5.65. The molecule has 2 rings (SSSR count). The van der Waals surface area contributed by atoms with E-state index in [4.69, 9.17) is 0 Å². The Morgan fingerprint density at radius 3 is 2.72 bits per heavy atom. The van der Waals surface area contributed by atoms with Gasteiger partial charge in [0.1, 0.15) is 0 Å². The first kappa shape index (κ1) is 13.3. The van der Waals surface area contributed by atoms with E-state index >= 15 is 0 Å². The molecule has 4 nitrogen and oxygen atoms in total. The molecule has 0 amide bonds. The van der Waals surface area contributed by atoms with E-state index in [0.29, 0.717) is 5.92 Å². The van der Waals surface area contributed by atoms with E-state index in [1.54, 1.807) is 12.4 Å². The first-order valence-corrected chi connectivity index (χ1v) is 6.78. The van der Waals surface area contributed by atoms with Crippen LogP contribution < -0.4 is 4.90 Å². The van der Waals surface area contributed by atoms with Crippen molar-refractivity contribution in [2.24, 2.45) is 11.3 Å². The molecule has 0 radical (unpaired) electrons. The van der Waals surface area contributed by atoms with E-state index in [2.05, 4.69) is 28.7 Å². The highest BCUT2D eigenvalue weighted by atomic mass is 16.3. The van der Waals surface area contributed by atoms with Crippen molar-refractivity contribution < 1.29 is 5.11 Å². The Kier molecular flexibility index (Phi) is 4.17. The zero-order valence-corrected chi connectivity index (χ0v) is 11.3. The molecule has 0 bridgehead atoms. The number of hydrogen-bond donors (Lipinski definition) is 1. The highest BCUT2D eigenvalue weighted by Gasteiger charge is 2.36. The number of hydrogen-bond acceptors (Lipinski definition) is 4. The number of nitrogens with zero attached hydrogens (tertiary/aromatic N) is 3. The quantitative estimate of drug-likeness (QED) is 0.888. The SMILES string of the molecule is CC(C)C[C@]1(CO)CCCN(c2ncccn2)C1. The van der Waals surface area contributed by atoms with E-state index in [0.717, 1.165) is 38.3 Å². The molecule has 1 aliphatic heterocycles. The van der Waals surface area contributed by atoms with Crippen LogP contribution in [0.1, 0.15) is 33.1 Å². The van der Waals surface area contributed by atoms with E-state index in [9.17, 15) is 5.11 Å². The van der Waals surface area contributed by atoms with Crippen LogP contribution >= 0.6 is 0 Å². The third kappa shape index (κ3) is 2.99. The predicted molar refractivity (Wildman–Crippen MR) is 72.5 cm³/mol. The molecule has 100 valence electrons. The van der Waals surface area contributed by atoms with Crippen molar-refractivity contribution in [1.29, 1.82) is 0 Å². The van der Waals surface area contributed by atoms with Crippen LogP contribution in [0.15, 0.2) is 18.5 Å². The van der Waals surface area contributed by atoms with Crippen molar-refractivity contribution in [1.82, 2.24) is 9.97 Å². The topological polar surface area (TPSA) is 49.2 Å². The summed E-state index contributed by atoms with van der Waals surface area (Å²) in [5.74, 6) is 1.40. The maximum atomic E-state index is 9.79. The summed E-state index contributed by atoms with van der Waals surface area (Å²) in [5, 5.41) is 9.79. The molecule has 1 atom stereocenters. The molecule has 0 aliphatic carbocycles. The lowest BCUT2D eigenvalue weighted by Crippen LogP contribution is -2.46. The van der Waals surface area contributed by atoms with Crippen molar-refractivity contribution >= 4 is 5.95 Å². The molecular weight excluding hydrogens is 226 g/mol. The Hall–Kier alpha value is -1.16. The van der Waals surface area contributed by atoms with Gasteiger partial charge in [0.25, 0.3) is 0 Å². The molecule has 1 N–H and O–H groups in total. The van der Waals surface area contributed by atoms with Gasteiger partial charge < -0.3 is 10.0 Å². The maximum absolute atomic E-state index is 9.79. The van der Waals surface area contributed by atoms with Crippen LogP contribution in [-0.4, -0.2) is 34.8 Å². The maximum Gasteiger partial charge on any atom is 0.225 e. The number of aliphatic hydroxyl groups is 1. The van der Waals surface area contributed by atoms with Gasteiger partial charge in [-0.15, -0.1) is 0 Å². The summed E-state index contributed by atoms with van der Waals surface area (Å²) in [6.07, 6.45) is 6.82. The molecule has 0 saturated carbocycles. The largest absolute Gasteiger partial charge is 0.396 e. The summed E-state index contributed by atoms with van der Waals surface area (Å²) in [4.78, 5) is 10.8. The third-order valence-corrected chi connectivity index (χ3v) is 3.67. The molecule has 1 fully saturated rings. The first-order valence-electron chi connectivity index (χ1n) is 6.78. The molecule has 0 unspecified atom stereocenters. The normalized spacial score (nSPS) is 24.6. The molecule has 1 saturated heterocycles. The van der Waals surface area contributed by atoms with Crippen molar-refractivity contribution in [2.45, 2.75) is 33.1 Å². The average molecular weight is 249 g/mol. The van der Waals surface area contributed by atoms with E-state index in [1.165, 1.54) is 0 Å². The first-order chi connectivity index (χ1) is 8.65. The molecule has 1 aromatic rings. The Morgan fingerprint density at radius 1 is 1.39 bits per heavy atom. The minimum Gasteiger partial charge on any atom is -0.396 e. The number of aliphatic hydroxyl groups excluding tert-OH is 1. The average Bonchev–Trinajstić information content (AvgIpc) is 2.39. The fraction of sp³-hybridized carbons (Fsp3) is 0.714. The Balaban J connectivity index is 2.12. The zero-order chi connectivity index (χ0) is 13.0. The number of rotatable bonds is 4. The smallest absolute Gasteiger partial charge is 0.225 e. The molecule has 0 spiro atoms. The van der Waals surface area contributed by atoms with Gasteiger partial charge in [-0.3, -0.25) is 0 Å². The summed E-state index contributed by atoms with van der Waals surface area (Å²) in [6, 6.07) is 1.83. The molecule has 1 aromatic heterocycles. The molecule has 18 heavy (non-hydrogen) atoms. The highest BCUT2D eigenvalue weighted by molar-refractivity contribution is 5.30. The Bertz CT molecular complexity index is 369. The number of piperidine rings is 1. The van der Waals surface area contributed by atoms with E-state index in [1.807, 2.05) is 6.07 Å². The minimum absolute atomic E-state index is 0.0195. The van der Waals surface area contributed by atoms with Gasteiger partial charge in [-0.1, -0.05) is 13.8 Å². The summed E-state index contributed by atoms with van der Waals surface area (Å²) in [7, 11) is 0. The van der Waals surface area contributed by atoms with Crippen LogP contribution in [0.4, 0.5) is 5.95 Å². The van der Waals surface area contributed by atoms with Crippen molar-refractivity contribution in [3.05, 3.63) is 18.5 Å². The fourth-order valence-corrected chi connectivity index (χ4v) is 3.06. The summed E-state index contributed by atoms with van der Waals surface area (Å²) in [5.41, 5.74) is 0.0195. The molecule has 1 aliphatic rings. The second-order valence-corrected chi connectivity index (χ2v) is 5.83. The monoisotopic (exact) mass is 249 g/mol. The lowest BCUT2D eigenvalue weighted by molar-refractivity contribution is 0.0828. The predicted octanol–water partition coefficient (Wildman–Crippen LogP) is 2.10. The Labute approximate surface area is 109 Å². The summed E-state index contributed by atoms with van der Waals surface area (Å²) >= 11 is 0. The molecule has 4 heteroatoms. The summed E-state index contributed by atoms with van der Waals surface area (Å²) < 4.78 is 0. The van der Waals surface area contributed by atoms with Gasteiger partial charge in [0.15, 0.2) is 0 Å². The van der Waals surface area contributed by atoms with Crippen LogP contribution in [0.5, 0.6) is 0 Å². The van der Waals surface area contributed by atoms with Crippen LogP contribution in [0.3, 0.4) is 0 Å². The molecule has 2 heterocycles. The van der Waals surface area contributed by atoms with Crippen molar-refractivity contribution in [3.63, 3.8) is 0 Å². The van der Waals surface area contributed by atoms with Crippen LogP contribution in [0, 0.1) is 11.3 Å². The molecular formula is C14H23N3O. The van der Waals surface area contributed by atoms with Crippen molar-refractivity contribution in [3.8, 4) is 0 Å². The zero-order valence-electron chi connectivity index (χ0n) is 11.3.